The van der Waals surface area contributed by atoms with Gasteiger partial charge in [0.15, 0.2) is 9.84 Å². The highest BCUT2D eigenvalue weighted by Crippen LogP contribution is 2.17. The highest BCUT2D eigenvalue weighted by atomic mass is 127. The highest BCUT2D eigenvalue weighted by Gasteiger charge is 2.09. The molecular formula is C15H13IO2S. The molecule has 0 saturated heterocycles. The van der Waals surface area contributed by atoms with Crippen LogP contribution in [0.5, 0.6) is 0 Å². The minimum Gasteiger partial charge on any atom is -0.219 e. The summed E-state index contributed by atoms with van der Waals surface area (Å²) in [5.41, 5.74) is 1.94. The van der Waals surface area contributed by atoms with Crippen molar-refractivity contribution >= 4 is 38.5 Å². The van der Waals surface area contributed by atoms with Crippen molar-refractivity contribution in [2.24, 2.45) is 0 Å². The predicted molar refractivity (Wildman–Crippen MR) is 86.6 cm³/mol. The zero-order valence-electron chi connectivity index (χ0n) is 10.4. The van der Waals surface area contributed by atoms with Crippen molar-refractivity contribution in [2.45, 2.75) is 11.8 Å². The number of benzene rings is 2. The first-order valence-electron chi connectivity index (χ1n) is 5.73. The number of sulfone groups is 1. The van der Waals surface area contributed by atoms with Crippen LogP contribution in [0.4, 0.5) is 0 Å². The van der Waals surface area contributed by atoms with Gasteiger partial charge in [-0.1, -0.05) is 35.9 Å². The molecule has 0 radical (unpaired) electrons. The molecule has 0 amide bonds. The van der Waals surface area contributed by atoms with Gasteiger partial charge in [0.25, 0.3) is 0 Å². The molecule has 0 saturated carbocycles. The molecule has 0 aromatic heterocycles. The minimum atomic E-state index is -3.38. The summed E-state index contributed by atoms with van der Waals surface area (Å²) in [6.45, 7) is 1.93. The van der Waals surface area contributed by atoms with E-state index in [-0.39, 0.29) is 0 Å². The fourth-order valence-electron chi connectivity index (χ4n) is 1.58. The molecule has 2 nitrogen and oxygen atoms in total. The van der Waals surface area contributed by atoms with Crippen LogP contribution in [-0.4, -0.2) is 8.42 Å². The fourth-order valence-corrected chi connectivity index (χ4v) is 3.15. The Morgan fingerprint density at radius 2 is 1.63 bits per heavy atom. The molecule has 0 bridgehead atoms. The lowest BCUT2D eigenvalue weighted by Crippen LogP contribution is -1.96. The van der Waals surface area contributed by atoms with Crippen LogP contribution in [0, 0.1) is 10.5 Å². The second-order valence-corrected chi connectivity index (χ2v) is 7.18. The molecule has 0 fully saturated rings. The molecule has 2 aromatic carbocycles. The standard InChI is InChI=1S/C15H13IO2S/c1-12-6-8-14(9-7-12)19(17,18)11-10-13-4-2-3-5-15(13)16/h2-11H,1H3. The SMILES string of the molecule is Cc1ccc(S(=O)(=O)C=Cc2ccccc2I)cc1. The van der Waals surface area contributed by atoms with Gasteiger partial charge in [0.05, 0.1) is 4.90 Å². The van der Waals surface area contributed by atoms with Gasteiger partial charge in [0.1, 0.15) is 0 Å². The molecule has 0 aliphatic heterocycles. The molecular weight excluding hydrogens is 371 g/mol. The highest BCUT2D eigenvalue weighted by molar-refractivity contribution is 14.1. The number of halogens is 1. The van der Waals surface area contributed by atoms with Crippen LogP contribution in [0.2, 0.25) is 0 Å². The van der Waals surface area contributed by atoms with E-state index < -0.39 is 9.84 Å². The van der Waals surface area contributed by atoms with Gasteiger partial charge in [-0.25, -0.2) is 8.42 Å². The average Bonchev–Trinajstić information content (AvgIpc) is 2.38. The zero-order chi connectivity index (χ0) is 13.9. The van der Waals surface area contributed by atoms with Crippen LogP contribution in [0.25, 0.3) is 6.08 Å². The molecule has 0 aliphatic rings. The van der Waals surface area contributed by atoms with Gasteiger partial charge in [0.2, 0.25) is 0 Å². The van der Waals surface area contributed by atoms with E-state index in [1.165, 1.54) is 5.41 Å². The van der Waals surface area contributed by atoms with Crippen LogP contribution in [-0.2, 0) is 9.84 Å². The quantitative estimate of drug-likeness (QED) is 0.749. The van der Waals surface area contributed by atoms with E-state index in [0.29, 0.717) is 4.90 Å². The van der Waals surface area contributed by atoms with Crippen LogP contribution < -0.4 is 0 Å². The van der Waals surface area contributed by atoms with Crippen molar-refractivity contribution in [3.63, 3.8) is 0 Å². The van der Waals surface area contributed by atoms with Crippen LogP contribution in [0.15, 0.2) is 58.8 Å². The first-order valence-corrected chi connectivity index (χ1v) is 8.36. The Bertz CT molecular complexity index is 701. The molecule has 0 N–H and O–H groups in total. The van der Waals surface area contributed by atoms with Gasteiger partial charge in [-0.3, -0.25) is 0 Å². The summed E-state index contributed by atoms with van der Waals surface area (Å²) in [5, 5.41) is 1.26. The topological polar surface area (TPSA) is 34.1 Å². The molecule has 2 rings (SSSR count). The molecule has 2 aromatic rings. The Kier molecular flexibility index (Phi) is 4.42. The summed E-state index contributed by atoms with van der Waals surface area (Å²) in [5.74, 6) is 0. The third-order valence-electron chi connectivity index (χ3n) is 2.68. The number of aryl methyl sites for hydroxylation is 1. The summed E-state index contributed by atoms with van der Waals surface area (Å²) in [6.07, 6.45) is 1.64. The summed E-state index contributed by atoms with van der Waals surface area (Å²) in [6, 6.07) is 14.5. The first-order chi connectivity index (χ1) is 8.99. The van der Waals surface area contributed by atoms with Crippen molar-refractivity contribution in [1.29, 1.82) is 0 Å². The smallest absolute Gasteiger partial charge is 0.199 e. The molecule has 0 atom stereocenters. The number of hydrogen-bond donors (Lipinski definition) is 0. The van der Waals surface area contributed by atoms with E-state index in [4.69, 9.17) is 0 Å². The maximum Gasteiger partial charge on any atom is 0.199 e. The Morgan fingerprint density at radius 1 is 1.00 bits per heavy atom. The minimum absolute atomic E-state index is 0.320. The van der Waals surface area contributed by atoms with Gasteiger partial charge in [-0.05, 0) is 59.4 Å². The Balaban J connectivity index is 2.32. The molecule has 0 unspecified atom stereocenters. The second kappa shape index (κ2) is 5.88. The normalized spacial score (nSPS) is 11.9. The Hall–Kier alpha value is -1.14. The van der Waals surface area contributed by atoms with Crippen LogP contribution >= 0.6 is 22.6 Å². The summed E-state index contributed by atoms with van der Waals surface area (Å²) in [4.78, 5) is 0.320. The van der Waals surface area contributed by atoms with Gasteiger partial charge in [-0.15, -0.1) is 0 Å². The zero-order valence-corrected chi connectivity index (χ0v) is 13.4. The van der Waals surface area contributed by atoms with Crippen LogP contribution in [0.1, 0.15) is 11.1 Å². The van der Waals surface area contributed by atoms with Crippen molar-refractivity contribution in [3.8, 4) is 0 Å². The van der Waals surface area contributed by atoms with E-state index >= 15 is 0 Å². The summed E-state index contributed by atoms with van der Waals surface area (Å²) >= 11 is 2.18. The average molecular weight is 384 g/mol. The van der Waals surface area contributed by atoms with Gasteiger partial charge < -0.3 is 0 Å². The second-order valence-electron chi connectivity index (χ2n) is 4.18. The lowest BCUT2D eigenvalue weighted by atomic mass is 10.2. The Labute approximate surface area is 127 Å². The predicted octanol–water partition coefficient (Wildman–Crippen LogP) is 4.04. The van der Waals surface area contributed by atoms with E-state index in [1.54, 1.807) is 30.3 Å². The van der Waals surface area contributed by atoms with Crippen molar-refractivity contribution < 1.29 is 8.42 Å². The van der Waals surface area contributed by atoms with Crippen LogP contribution in [0.3, 0.4) is 0 Å². The first kappa shape index (κ1) is 14.3. The molecule has 98 valence electrons. The van der Waals surface area contributed by atoms with Crippen molar-refractivity contribution in [1.82, 2.24) is 0 Å². The van der Waals surface area contributed by atoms with Crippen molar-refractivity contribution in [3.05, 3.63) is 68.6 Å². The fraction of sp³-hybridized carbons (Fsp3) is 0.0667. The molecule has 4 heteroatoms. The van der Waals surface area contributed by atoms with E-state index in [0.717, 1.165) is 14.7 Å². The molecule has 19 heavy (non-hydrogen) atoms. The van der Waals surface area contributed by atoms with E-state index in [2.05, 4.69) is 22.6 Å². The van der Waals surface area contributed by atoms with E-state index in [9.17, 15) is 8.42 Å². The number of hydrogen-bond acceptors (Lipinski definition) is 2. The lowest BCUT2D eigenvalue weighted by molar-refractivity contribution is 0.605. The van der Waals surface area contributed by atoms with Gasteiger partial charge in [0, 0.05) is 8.98 Å². The molecule has 0 aliphatic carbocycles. The van der Waals surface area contributed by atoms with Gasteiger partial charge >= 0.3 is 0 Å². The third kappa shape index (κ3) is 3.67. The molecule has 0 heterocycles. The summed E-state index contributed by atoms with van der Waals surface area (Å²) in [7, 11) is -3.38. The maximum atomic E-state index is 12.1. The van der Waals surface area contributed by atoms with Gasteiger partial charge in [-0.2, -0.15) is 0 Å². The molecule has 0 spiro atoms. The maximum absolute atomic E-state index is 12.1. The monoisotopic (exact) mass is 384 g/mol. The van der Waals surface area contributed by atoms with Crippen molar-refractivity contribution in [2.75, 3.05) is 0 Å². The number of rotatable bonds is 3. The van der Waals surface area contributed by atoms with E-state index in [1.807, 2.05) is 31.2 Å². The summed E-state index contributed by atoms with van der Waals surface area (Å²) < 4.78 is 25.3. The third-order valence-corrected chi connectivity index (χ3v) is 5.09. The Morgan fingerprint density at radius 3 is 2.26 bits per heavy atom. The lowest BCUT2D eigenvalue weighted by Gasteiger charge is -2.00. The largest absolute Gasteiger partial charge is 0.219 e.